The highest BCUT2D eigenvalue weighted by Crippen LogP contribution is 2.39. The minimum absolute atomic E-state index is 0.124. The molecule has 2 saturated heterocycles. The monoisotopic (exact) mass is 484 g/mol. The summed E-state index contributed by atoms with van der Waals surface area (Å²) in [6.07, 6.45) is 4.67. The van der Waals surface area contributed by atoms with Crippen LogP contribution in [0.5, 0.6) is 17.2 Å². The summed E-state index contributed by atoms with van der Waals surface area (Å²) in [7, 11) is 0. The number of aliphatic hydroxyl groups is 1. The third-order valence-corrected chi connectivity index (χ3v) is 7.28. The lowest BCUT2D eigenvalue weighted by Gasteiger charge is -2.32. The molecule has 0 aromatic heterocycles. The zero-order chi connectivity index (χ0) is 24.2. The van der Waals surface area contributed by atoms with Crippen LogP contribution in [0, 0.1) is 5.82 Å². The molecule has 2 N–H and O–H groups in total. The number of carbonyl (C=O) groups is 1. The average molecular weight is 485 g/mol. The lowest BCUT2D eigenvalue weighted by atomic mass is 10.00. The summed E-state index contributed by atoms with van der Waals surface area (Å²) in [4.78, 5) is 15.3. The molecule has 2 atom stereocenters. The van der Waals surface area contributed by atoms with Crippen molar-refractivity contribution in [3.8, 4) is 17.2 Å². The Bertz CT molecular complexity index is 997. The largest absolute Gasteiger partial charge is 0.494 e. The summed E-state index contributed by atoms with van der Waals surface area (Å²) in [5.74, 6) is 1.43. The Balaban J connectivity index is 1.21. The molecule has 2 aromatic rings. The van der Waals surface area contributed by atoms with E-state index in [1.165, 1.54) is 37.8 Å². The minimum Gasteiger partial charge on any atom is -0.494 e. The van der Waals surface area contributed by atoms with Crippen molar-refractivity contribution in [3.63, 3.8) is 0 Å². The highest BCUT2D eigenvalue weighted by Gasteiger charge is 2.41. The maximum absolute atomic E-state index is 13.0. The molecule has 3 aliphatic rings. The van der Waals surface area contributed by atoms with Crippen LogP contribution in [0.4, 0.5) is 4.39 Å². The number of halogens is 1. The van der Waals surface area contributed by atoms with E-state index < -0.39 is 12.1 Å². The summed E-state index contributed by atoms with van der Waals surface area (Å²) in [5.41, 5.74) is 0.700. The van der Waals surface area contributed by atoms with Gasteiger partial charge in [0.2, 0.25) is 5.91 Å². The van der Waals surface area contributed by atoms with E-state index in [9.17, 15) is 14.3 Å². The van der Waals surface area contributed by atoms with E-state index in [0.717, 1.165) is 0 Å². The molecular weight excluding hydrogens is 451 g/mol. The predicted molar refractivity (Wildman–Crippen MR) is 128 cm³/mol. The number of benzene rings is 2. The summed E-state index contributed by atoms with van der Waals surface area (Å²) >= 11 is 0. The molecule has 8 heteroatoms. The van der Waals surface area contributed by atoms with E-state index in [2.05, 4.69) is 10.2 Å². The van der Waals surface area contributed by atoms with Gasteiger partial charge in [-0.2, -0.15) is 0 Å². The first-order valence-electron chi connectivity index (χ1n) is 12.6. The van der Waals surface area contributed by atoms with E-state index in [4.69, 9.17) is 14.2 Å². The summed E-state index contributed by atoms with van der Waals surface area (Å²) in [5, 5.41) is 14.4. The average Bonchev–Trinajstić information content (AvgIpc) is 3.45. The predicted octanol–water partition coefficient (Wildman–Crippen LogP) is 3.60. The zero-order valence-corrected chi connectivity index (χ0v) is 19.8. The Kier molecular flexibility index (Phi) is 7.39. The quantitative estimate of drug-likeness (QED) is 0.502. The van der Waals surface area contributed by atoms with Gasteiger partial charge in [-0.25, -0.2) is 4.39 Å². The van der Waals surface area contributed by atoms with Crippen LogP contribution in [0.2, 0.25) is 0 Å². The van der Waals surface area contributed by atoms with E-state index >= 15 is 0 Å². The van der Waals surface area contributed by atoms with E-state index in [1.54, 1.807) is 12.1 Å². The van der Waals surface area contributed by atoms with Gasteiger partial charge in [0.25, 0.3) is 0 Å². The van der Waals surface area contributed by atoms with Gasteiger partial charge in [-0.05, 0) is 74.1 Å². The molecule has 188 valence electrons. The smallest absolute Gasteiger partial charge is 0.220 e. The van der Waals surface area contributed by atoms with Crippen molar-refractivity contribution >= 4 is 5.91 Å². The van der Waals surface area contributed by atoms with Crippen LogP contribution < -0.4 is 19.5 Å². The second kappa shape index (κ2) is 10.8. The Hall–Kier alpha value is -2.84. The van der Waals surface area contributed by atoms with Crippen LogP contribution in [-0.4, -0.2) is 60.4 Å². The molecule has 2 fully saturated rings. The molecule has 3 aliphatic heterocycles. The molecule has 35 heavy (non-hydrogen) atoms. The van der Waals surface area contributed by atoms with E-state index in [1.807, 2.05) is 18.2 Å². The number of amides is 1. The summed E-state index contributed by atoms with van der Waals surface area (Å²) in [6, 6.07) is 11.9. The summed E-state index contributed by atoms with van der Waals surface area (Å²) in [6.45, 7) is 1.95. The molecule has 5 rings (SSSR count). The lowest BCUT2D eigenvalue weighted by molar-refractivity contribution is -0.123. The van der Waals surface area contributed by atoms with Crippen molar-refractivity contribution < 1.29 is 28.5 Å². The van der Waals surface area contributed by atoms with Crippen LogP contribution in [0.15, 0.2) is 42.5 Å². The van der Waals surface area contributed by atoms with E-state index in [0.29, 0.717) is 67.7 Å². The number of fused-ring (bicyclic) bond motifs is 3. The van der Waals surface area contributed by atoms with Gasteiger partial charge in [0.15, 0.2) is 11.5 Å². The fourth-order valence-electron chi connectivity index (χ4n) is 5.48. The SMILES string of the molecule is O=C(CCCOc1ccc(F)cc1)N[C@@H](CN1C2CCC1CC2)C(O)c1ccc2c(c1)OCCO2. The summed E-state index contributed by atoms with van der Waals surface area (Å²) < 4.78 is 29.9. The number of aliphatic hydroxyl groups excluding tert-OH is 1. The lowest BCUT2D eigenvalue weighted by Crippen LogP contribution is -2.48. The van der Waals surface area contributed by atoms with Crippen LogP contribution in [-0.2, 0) is 4.79 Å². The molecule has 3 heterocycles. The zero-order valence-electron chi connectivity index (χ0n) is 19.8. The molecule has 0 aliphatic carbocycles. The van der Waals surface area contributed by atoms with Crippen LogP contribution in [0.3, 0.4) is 0 Å². The van der Waals surface area contributed by atoms with Gasteiger partial charge >= 0.3 is 0 Å². The highest BCUT2D eigenvalue weighted by atomic mass is 19.1. The number of rotatable bonds is 10. The second-order valence-electron chi connectivity index (χ2n) is 9.59. The van der Waals surface area contributed by atoms with E-state index in [-0.39, 0.29) is 18.1 Å². The first kappa shape index (κ1) is 23.9. The van der Waals surface area contributed by atoms with Crippen molar-refractivity contribution in [3.05, 3.63) is 53.8 Å². The fourth-order valence-corrected chi connectivity index (χ4v) is 5.48. The van der Waals surface area contributed by atoms with Gasteiger partial charge in [-0.3, -0.25) is 9.69 Å². The van der Waals surface area contributed by atoms with Gasteiger partial charge in [0.05, 0.1) is 12.6 Å². The van der Waals surface area contributed by atoms with Crippen LogP contribution >= 0.6 is 0 Å². The van der Waals surface area contributed by atoms with Crippen molar-refractivity contribution in [2.75, 3.05) is 26.4 Å². The number of hydrogen-bond acceptors (Lipinski definition) is 6. The highest BCUT2D eigenvalue weighted by molar-refractivity contribution is 5.76. The van der Waals surface area contributed by atoms with Gasteiger partial charge in [-0.1, -0.05) is 6.07 Å². The molecule has 0 saturated carbocycles. The van der Waals surface area contributed by atoms with Crippen LogP contribution in [0.25, 0.3) is 0 Å². The molecule has 1 amide bonds. The third-order valence-electron chi connectivity index (χ3n) is 7.28. The molecule has 0 spiro atoms. The molecule has 0 radical (unpaired) electrons. The van der Waals surface area contributed by atoms with Gasteiger partial charge in [0, 0.05) is 25.0 Å². The number of nitrogens with zero attached hydrogens (tertiary/aromatic N) is 1. The second-order valence-corrected chi connectivity index (χ2v) is 9.59. The van der Waals surface area contributed by atoms with Crippen molar-refractivity contribution in [2.24, 2.45) is 0 Å². The van der Waals surface area contributed by atoms with Crippen molar-refractivity contribution in [2.45, 2.75) is 62.8 Å². The molecule has 7 nitrogen and oxygen atoms in total. The molecule has 1 unspecified atom stereocenters. The fraction of sp³-hybridized carbons (Fsp3) is 0.519. The molecular formula is C27H33FN2O5. The van der Waals surface area contributed by atoms with Crippen LogP contribution in [0.1, 0.15) is 50.2 Å². The number of hydrogen-bond donors (Lipinski definition) is 2. The van der Waals surface area contributed by atoms with Crippen molar-refractivity contribution in [1.29, 1.82) is 0 Å². The minimum atomic E-state index is -0.870. The first-order chi connectivity index (χ1) is 17.1. The maximum Gasteiger partial charge on any atom is 0.220 e. The third kappa shape index (κ3) is 5.70. The van der Waals surface area contributed by atoms with Crippen molar-refractivity contribution in [1.82, 2.24) is 10.2 Å². The molecule has 2 aromatic carbocycles. The van der Waals surface area contributed by atoms with Gasteiger partial charge in [0.1, 0.15) is 30.9 Å². The standard InChI is InChI=1S/C27H33FN2O5/c28-19-4-10-22(11-5-19)33-13-1-2-26(31)29-23(17-30-20-6-7-21(30)9-8-20)27(32)18-3-12-24-25(16-18)35-15-14-34-24/h3-5,10-12,16,20-21,23,27,32H,1-2,6-9,13-15,17H2,(H,29,31)/t20?,21?,23-,27?/m0/s1. The number of nitrogens with one attached hydrogen (secondary N) is 1. The Morgan fingerprint density at radius 1 is 1.06 bits per heavy atom. The Morgan fingerprint density at radius 3 is 2.46 bits per heavy atom. The number of carbonyl (C=O) groups excluding carboxylic acids is 1. The van der Waals surface area contributed by atoms with Gasteiger partial charge < -0.3 is 24.6 Å². The Morgan fingerprint density at radius 2 is 1.74 bits per heavy atom. The first-order valence-corrected chi connectivity index (χ1v) is 12.6. The Labute approximate surface area is 205 Å². The number of ether oxygens (including phenoxy) is 3. The van der Waals surface area contributed by atoms with Gasteiger partial charge in [-0.15, -0.1) is 0 Å². The maximum atomic E-state index is 13.0. The topological polar surface area (TPSA) is 80.3 Å². The normalized spacial score (nSPS) is 22.6. The molecule has 2 bridgehead atoms.